The number of ether oxygens (including phenoxy) is 2. The number of carbonyl (C=O) groups is 1. The second-order valence-corrected chi connectivity index (χ2v) is 5.15. The minimum atomic E-state index is -0.163. The van der Waals surface area contributed by atoms with Gasteiger partial charge in [-0.15, -0.1) is 0 Å². The molecule has 0 aliphatic rings. The van der Waals surface area contributed by atoms with Crippen molar-refractivity contribution in [3.8, 4) is 11.5 Å². The highest BCUT2D eigenvalue weighted by molar-refractivity contribution is 5.97. The molecule has 2 aromatic rings. The number of methoxy groups -OCH3 is 2. The van der Waals surface area contributed by atoms with Crippen LogP contribution in [0.2, 0.25) is 0 Å². The van der Waals surface area contributed by atoms with E-state index in [4.69, 9.17) is 9.47 Å². The van der Waals surface area contributed by atoms with Crippen molar-refractivity contribution in [1.29, 1.82) is 0 Å². The molecule has 2 rings (SSSR count). The van der Waals surface area contributed by atoms with Gasteiger partial charge in [0.1, 0.15) is 11.5 Å². The minimum Gasteiger partial charge on any atom is -0.496 e. The van der Waals surface area contributed by atoms with Gasteiger partial charge in [-0.2, -0.15) is 0 Å². The number of hydrogen-bond donors (Lipinski definition) is 1. The third-order valence-electron chi connectivity index (χ3n) is 3.56. The Bertz CT molecular complexity index is 680. The number of nitrogens with one attached hydrogen (secondary N) is 1. The normalized spacial score (nSPS) is 10.2. The number of aryl methyl sites for hydroxylation is 1. The van der Waals surface area contributed by atoms with E-state index in [1.165, 1.54) is 5.56 Å². The van der Waals surface area contributed by atoms with E-state index in [0.717, 1.165) is 11.1 Å². The fraction of sp³-hybridized carbons (Fsp3) is 0.278. The van der Waals surface area contributed by atoms with E-state index in [0.29, 0.717) is 23.6 Å². The van der Waals surface area contributed by atoms with Crippen LogP contribution in [0.25, 0.3) is 0 Å². The van der Waals surface area contributed by atoms with Crippen LogP contribution in [0.15, 0.2) is 36.4 Å². The SMILES string of the molecule is COc1ccc(C(=O)NCc2cccc(C)c2)c(OC)c1C. The maximum atomic E-state index is 12.4. The van der Waals surface area contributed by atoms with Gasteiger partial charge in [0.05, 0.1) is 19.8 Å². The van der Waals surface area contributed by atoms with Crippen molar-refractivity contribution in [3.63, 3.8) is 0 Å². The highest BCUT2D eigenvalue weighted by Crippen LogP contribution is 2.31. The van der Waals surface area contributed by atoms with Gasteiger partial charge in [0, 0.05) is 12.1 Å². The van der Waals surface area contributed by atoms with Gasteiger partial charge < -0.3 is 14.8 Å². The van der Waals surface area contributed by atoms with Gasteiger partial charge in [-0.1, -0.05) is 29.8 Å². The quantitative estimate of drug-likeness (QED) is 0.922. The zero-order valence-corrected chi connectivity index (χ0v) is 13.4. The molecule has 0 aromatic heterocycles. The first-order chi connectivity index (χ1) is 10.6. The van der Waals surface area contributed by atoms with Gasteiger partial charge in [0.25, 0.3) is 5.91 Å². The predicted molar refractivity (Wildman–Crippen MR) is 86.6 cm³/mol. The molecule has 0 atom stereocenters. The summed E-state index contributed by atoms with van der Waals surface area (Å²) in [4.78, 5) is 12.4. The molecule has 4 heteroatoms. The molecule has 0 spiro atoms. The summed E-state index contributed by atoms with van der Waals surface area (Å²) in [5.74, 6) is 1.08. The summed E-state index contributed by atoms with van der Waals surface area (Å²) < 4.78 is 10.6. The highest BCUT2D eigenvalue weighted by atomic mass is 16.5. The Hall–Kier alpha value is -2.49. The summed E-state index contributed by atoms with van der Waals surface area (Å²) in [7, 11) is 3.15. The van der Waals surface area contributed by atoms with Crippen LogP contribution in [0.4, 0.5) is 0 Å². The molecule has 2 aromatic carbocycles. The van der Waals surface area contributed by atoms with E-state index >= 15 is 0 Å². The Balaban J connectivity index is 2.17. The van der Waals surface area contributed by atoms with Crippen molar-refractivity contribution >= 4 is 5.91 Å². The zero-order chi connectivity index (χ0) is 16.1. The summed E-state index contributed by atoms with van der Waals surface area (Å²) in [6, 6.07) is 11.5. The molecule has 0 heterocycles. The third kappa shape index (κ3) is 3.39. The summed E-state index contributed by atoms with van der Waals surface area (Å²) in [6.07, 6.45) is 0. The molecular weight excluding hydrogens is 278 g/mol. The topological polar surface area (TPSA) is 47.6 Å². The van der Waals surface area contributed by atoms with Crippen LogP contribution in [0.3, 0.4) is 0 Å². The van der Waals surface area contributed by atoms with E-state index in [1.54, 1.807) is 26.4 Å². The molecule has 1 N–H and O–H groups in total. The van der Waals surface area contributed by atoms with Crippen LogP contribution in [0.1, 0.15) is 27.0 Å². The zero-order valence-electron chi connectivity index (χ0n) is 13.4. The molecule has 116 valence electrons. The number of amides is 1. The molecule has 0 aliphatic carbocycles. The number of hydrogen-bond acceptors (Lipinski definition) is 3. The van der Waals surface area contributed by atoms with Crippen molar-refractivity contribution in [3.05, 3.63) is 58.7 Å². The molecule has 0 saturated carbocycles. The number of rotatable bonds is 5. The first-order valence-electron chi connectivity index (χ1n) is 7.12. The smallest absolute Gasteiger partial charge is 0.255 e. The molecule has 0 radical (unpaired) electrons. The van der Waals surface area contributed by atoms with E-state index in [1.807, 2.05) is 32.0 Å². The van der Waals surface area contributed by atoms with Gasteiger partial charge in [-0.05, 0) is 31.5 Å². The van der Waals surface area contributed by atoms with E-state index < -0.39 is 0 Å². The Labute approximate surface area is 131 Å². The van der Waals surface area contributed by atoms with E-state index in [2.05, 4.69) is 11.4 Å². The van der Waals surface area contributed by atoms with Crippen LogP contribution in [0.5, 0.6) is 11.5 Å². The van der Waals surface area contributed by atoms with Gasteiger partial charge >= 0.3 is 0 Å². The standard InChI is InChI=1S/C18H21NO3/c1-12-6-5-7-14(10-12)11-19-18(20)15-8-9-16(21-3)13(2)17(15)22-4/h5-10H,11H2,1-4H3,(H,19,20). The van der Waals surface area contributed by atoms with Crippen molar-refractivity contribution in [1.82, 2.24) is 5.32 Å². The second-order valence-electron chi connectivity index (χ2n) is 5.15. The lowest BCUT2D eigenvalue weighted by Gasteiger charge is -2.14. The van der Waals surface area contributed by atoms with Gasteiger partial charge in [0.15, 0.2) is 0 Å². The van der Waals surface area contributed by atoms with Crippen molar-refractivity contribution < 1.29 is 14.3 Å². The van der Waals surface area contributed by atoms with Crippen LogP contribution >= 0.6 is 0 Å². The molecule has 0 fully saturated rings. The fourth-order valence-corrected chi connectivity index (χ4v) is 2.44. The third-order valence-corrected chi connectivity index (χ3v) is 3.56. The van der Waals surface area contributed by atoms with Gasteiger partial charge in [0.2, 0.25) is 0 Å². The largest absolute Gasteiger partial charge is 0.496 e. The molecule has 0 saturated heterocycles. The summed E-state index contributed by atoms with van der Waals surface area (Å²) in [5.41, 5.74) is 3.56. The van der Waals surface area contributed by atoms with Gasteiger partial charge in [-0.3, -0.25) is 4.79 Å². The second kappa shape index (κ2) is 6.98. The Morgan fingerprint density at radius 3 is 2.50 bits per heavy atom. The molecule has 22 heavy (non-hydrogen) atoms. The summed E-state index contributed by atoms with van der Waals surface area (Å²) >= 11 is 0. The van der Waals surface area contributed by atoms with Crippen molar-refractivity contribution in [2.45, 2.75) is 20.4 Å². The highest BCUT2D eigenvalue weighted by Gasteiger charge is 2.16. The monoisotopic (exact) mass is 299 g/mol. The fourth-order valence-electron chi connectivity index (χ4n) is 2.44. The van der Waals surface area contributed by atoms with Crippen LogP contribution in [0, 0.1) is 13.8 Å². The Kier molecular flexibility index (Phi) is 5.04. The summed E-state index contributed by atoms with van der Waals surface area (Å²) in [6.45, 7) is 4.38. The minimum absolute atomic E-state index is 0.163. The predicted octanol–water partition coefficient (Wildman–Crippen LogP) is 3.25. The molecule has 1 amide bonds. The molecular formula is C18H21NO3. The lowest BCUT2D eigenvalue weighted by molar-refractivity contribution is 0.0947. The average Bonchev–Trinajstić information content (AvgIpc) is 2.52. The van der Waals surface area contributed by atoms with Crippen molar-refractivity contribution in [2.24, 2.45) is 0 Å². The Morgan fingerprint density at radius 2 is 1.86 bits per heavy atom. The summed E-state index contributed by atoms with van der Waals surface area (Å²) in [5, 5.41) is 2.92. The average molecular weight is 299 g/mol. The Morgan fingerprint density at radius 1 is 1.09 bits per heavy atom. The molecule has 0 unspecified atom stereocenters. The van der Waals surface area contributed by atoms with E-state index in [9.17, 15) is 4.79 Å². The number of carbonyl (C=O) groups excluding carboxylic acids is 1. The van der Waals surface area contributed by atoms with Crippen LogP contribution in [-0.4, -0.2) is 20.1 Å². The molecule has 0 aliphatic heterocycles. The van der Waals surface area contributed by atoms with E-state index in [-0.39, 0.29) is 5.91 Å². The van der Waals surface area contributed by atoms with Crippen LogP contribution in [-0.2, 0) is 6.54 Å². The molecule has 0 bridgehead atoms. The maximum absolute atomic E-state index is 12.4. The first kappa shape index (κ1) is 15.9. The van der Waals surface area contributed by atoms with Crippen molar-refractivity contribution in [2.75, 3.05) is 14.2 Å². The lowest BCUT2D eigenvalue weighted by atomic mass is 10.1. The maximum Gasteiger partial charge on any atom is 0.255 e. The first-order valence-corrected chi connectivity index (χ1v) is 7.12. The van der Waals surface area contributed by atoms with Crippen LogP contribution < -0.4 is 14.8 Å². The van der Waals surface area contributed by atoms with Gasteiger partial charge in [-0.25, -0.2) is 0 Å². The lowest BCUT2D eigenvalue weighted by Crippen LogP contribution is -2.23. The molecule has 4 nitrogen and oxygen atoms in total. The number of benzene rings is 2.